The van der Waals surface area contributed by atoms with Gasteiger partial charge in [-0.25, -0.2) is 0 Å². The molecule has 0 saturated heterocycles. The van der Waals surface area contributed by atoms with Gasteiger partial charge in [0.05, 0.1) is 11.3 Å². The standard InChI is InChI=1S/C38H58O9/c1-10-11-12-13-14-15-16-17-29(40)47-37-20-24(5)36-19-23(4)33(46-34(43)25(6)22(2)3)38(36,44)31(41)27(21-45-26(7)39)18-28(32(36)42)30(37)35(37,8)9/h18-19,22,24-25,28,30-31,33,41,44H,10-17,20-21H2,1-9H3/t24?,25?,28-,30+,31+,33-,36?,37-,38-/m0/s1. The highest BCUT2D eigenvalue weighted by molar-refractivity contribution is 5.96. The molecule has 0 amide bonds. The SMILES string of the molecule is CCCCCCCCCC(=O)O[C@@]12CC(C)C34C=C(C)[C@H](OC(=O)C(C)C(C)C)[C@@]3(O)[C@H](O)C(COC(C)=O)=C[C@H](C4=O)[C@@H]1C2(C)C. The van der Waals surface area contributed by atoms with Crippen molar-refractivity contribution in [1.82, 2.24) is 0 Å². The Kier molecular flexibility index (Phi) is 10.9. The molecule has 2 bridgehead atoms. The van der Waals surface area contributed by atoms with Crippen LogP contribution in [0.15, 0.2) is 23.3 Å². The summed E-state index contributed by atoms with van der Waals surface area (Å²) in [6.45, 7) is 16.1. The van der Waals surface area contributed by atoms with Crippen LogP contribution in [0.5, 0.6) is 0 Å². The molecule has 3 unspecified atom stereocenters. The molecule has 2 N–H and O–H groups in total. The second-order valence-corrected chi connectivity index (χ2v) is 15.8. The molecule has 4 aliphatic rings. The molecule has 0 heterocycles. The number of esters is 3. The van der Waals surface area contributed by atoms with Crippen molar-refractivity contribution in [2.24, 2.45) is 40.4 Å². The third kappa shape index (κ3) is 6.13. The minimum Gasteiger partial charge on any atom is -0.461 e. The summed E-state index contributed by atoms with van der Waals surface area (Å²) < 4.78 is 17.8. The molecule has 47 heavy (non-hydrogen) atoms. The summed E-state index contributed by atoms with van der Waals surface area (Å²) in [5, 5.41) is 25.0. The van der Waals surface area contributed by atoms with Gasteiger partial charge in [0.1, 0.15) is 18.3 Å². The molecule has 4 rings (SSSR count). The van der Waals surface area contributed by atoms with Gasteiger partial charge < -0.3 is 24.4 Å². The lowest BCUT2D eigenvalue weighted by Gasteiger charge is -2.49. The van der Waals surface area contributed by atoms with Gasteiger partial charge in [-0.2, -0.15) is 0 Å². The van der Waals surface area contributed by atoms with Crippen molar-refractivity contribution >= 4 is 23.7 Å². The molecule has 0 radical (unpaired) electrons. The van der Waals surface area contributed by atoms with Crippen LogP contribution in [-0.2, 0) is 33.4 Å². The monoisotopic (exact) mass is 658 g/mol. The van der Waals surface area contributed by atoms with Crippen molar-refractivity contribution in [1.29, 1.82) is 0 Å². The van der Waals surface area contributed by atoms with E-state index in [1.54, 1.807) is 26.0 Å². The molecule has 9 atom stereocenters. The predicted molar refractivity (Wildman–Crippen MR) is 177 cm³/mol. The van der Waals surface area contributed by atoms with E-state index in [4.69, 9.17) is 14.2 Å². The Morgan fingerprint density at radius 2 is 1.66 bits per heavy atom. The largest absolute Gasteiger partial charge is 0.461 e. The number of rotatable bonds is 14. The summed E-state index contributed by atoms with van der Waals surface area (Å²) in [6.07, 6.45) is 8.38. The second-order valence-electron chi connectivity index (χ2n) is 15.8. The number of fused-ring (bicyclic) bond motifs is 3. The number of aliphatic hydroxyl groups is 2. The number of carbonyl (C=O) groups is 4. The highest BCUT2D eigenvalue weighted by atomic mass is 16.6. The van der Waals surface area contributed by atoms with E-state index in [9.17, 15) is 24.6 Å². The third-order valence-electron chi connectivity index (χ3n) is 12.2. The minimum absolute atomic E-state index is 0.0389. The number of hydrogen-bond acceptors (Lipinski definition) is 9. The van der Waals surface area contributed by atoms with Crippen molar-refractivity contribution in [3.8, 4) is 0 Å². The smallest absolute Gasteiger partial charge is 0.309 e. The average molecular weight is 659 g/mol. The molecule has 0 aliphatic heterocycles. The van der Waals surface area contributed by atoms with Crippen LogP contribution in [0, 0.1) is 40.4 Å². The van der Waals surface area contributed by atoms with Crippen LogP contribution in [0.3, 0.4) is 0 Å². The van der Waals surface area contributed by atoms with Gasteiger partial charge in [0, 0.05) is 30.6 Å². The number of aliphatic hydroxyl groups excluding tert-OH is 1. The van der Waals surface area contributed by atoms with Gasteiger partial charge in [-0.3, -0.25) is 19.2 Å². The zero-order valence-corrected chi connectivity index (χ0v) is 30.0. The van der Waals surface area contributed by atoms with Crippen LogP contribution >= 0.6 is 0 Å². The number of carbonyl (C=O) groups excluding carboxylic acids is 4. The molecule has 0 aromatic carbocycles. The van der Waals surface area contributed by atoms with E-state index in [0.717, 1.165) is 25.7 Å². The van der Waals surface area contributed by atoms with E-state index >= 15 is 4.79 Å². The van der Waals surface area contributed by atoms with E-state index in [1.807, 2.05) is 34.6 Å². The normalized spacial score (nSPS) is 35.8. The second kappa shape index (κ2) is 13.8. The summed E-state index contributed by atoms with van der Waals surface area (Å²) >= 11 is 0. The lowest BCUT2D eigenvalue weighted by atomic mass is 9.59. The van der Waals surface area contributed by atoms with Crippen molar-refractivity contribution < 1.29 is 43.6 Å². The Balaban J connectivity index is 1.73. The fourth-order valence-electron chi connectivity index (χ4n) is 9.04. The summed E-state index contributed by atoms with van der Waals surface area (Å²) in [5.74, 6) is -4.18. The number of allylic oxidation sites excluding steroid dienone is 1. The van der Waals surface area contributed by atoms with Crippen LogP contribution < -0.4 is 0 Å². The van der Waals surface area contributed by atoms with Gasteiger partial charge in [0.2, 0.25) is 0 Å². The number of unbranched alkanes of at least 4 members (excludes halogenated alkanes) is 6. The zero-order valence-electron chi connectivity index (χ0n) is 30.0. The zero-order chi connectivity index (χ0) is 35.1. The molecule has 2 saturated carbocycles. The molecule has 264 valence electrons. The van der Waals surface area contributed by atoms with Gasteiger partial charge in [-0.05, 0) is 42.7 Å². The van der Waals surface area contributed by atoms with Crippen LogP contribution in [-0.4, -0.2) is 63.9 Å². The first-order valence-electron chi connectivity index (χ1n) is 17.8. The topological polar surface area (TPSA) is 136 Å². The van der Waals surface area contributed by atoms with Crippen molar-refractivity contribution in [3.05, 3.63) is 23.3 Å². The quantitative estimate of drug-likeness (QED) is 0.0991. The number of hydrogen-bond donors (Lipinski definition) is 2. The molecular formula is C38H58O9. The Morgan fingerprint density at radius 3 is 2.26 bits per heavy atom. The molecule has 9 nitrogen and oxygen atoms in total. The Bertz CT molecular complexity index is 1300. The van der Waals surface area contributed by atoms with E-state index in [1.165, 1.54) is 26.2 Å². The van der Waals surface area contributed by atoms with Gasteiger partial charge in [-0.15, -0.1) is 0 Å². The first-order chi connectivity index (χ1) is 21.9. The molecule has 4 aliphatic carbocycles. The summed E-state index contributed by atoms with van der Waals surface area (Å²) in [6, 6.07) is 0. The third-order valence-corrected chi connectivity index (χ3v) is 12.2. The Morgan fingerprint density at radius 1 is 1.04 bits per heavy atom. The summed E-state index contributed by atoms with van der Waals surface area (Å²) in [7, 11) is 0. The fourth-order valence-corrected chi connectivity index (χ4v) is 9.04. The van der Waals surface area contributed by atoms with Crippen LogP contribution in [0.1, 0.15) is 120 Å². The summed E-state index contributed by atoms with van der Waals surface area (Å²) in [5.41, 5.74) is -4.89. The van der Waals surface area contributed by atoms with Gasteiger partial charge in [-0.1, -0.05) is 99.1 Å². The molecule has 2 fully saturated rings. The number of ether oxygens (including phenoxy) is 3. The maximum absolute atomic E-state index is 15.0. The predicted octanol–water partition coefficient (Wildman–Crippen LogP) is 6.04. The lowest BCUT2D eigenvalue weighted by molar-refractivity contribution is -0.207. The molecule has 1 spiro atoms. The van der Waals surface area contributed by atoms with Crippen molar-refractivity contribution in [2.75, 3.05) is 6.61 Å². The molecule has 0 aromatic rings. The van der Waals surface area contributed by atoms with Crippen molar-refractivity contribution in [2.45, 2.75) is 144 Å². The molecular weight excluding hydrogens is 600 g/mol. The van der Waals surface area contributed by atoms with Crippen LogP contribution in [0.4, 0.5) is 0 Å². The van der Waals surface area contributed by atoms with Crippen LogP contribution in [0.25, 0.3) is 0 Å². The highest BCUT2D eigenvalue weighted by Gasteiger charge is 2.83. The average Bonchev–Trinajstić information content (AvgIpc) is 3.39. The Labute approximate surface area is 280 Å². The highest BCUT2D eigenvalue weighted by Crippen LogP contribution is 2.75. The number of ketones is 1. The first-order valence-corrected chi connectivity index (χ1v) is 17.8. The minimum atomic E-state index is -2.29. The maximum atomic E-state index is 15.0. The van der Waals surface area contributed by atoms with E-state index in [0.29, 0.717) is 5.57 Å². The van der Waals surface area contributed by atoms with Gasteiger partial charge in [0.25, 0.3) is 0 Å². The van der Waals surface area contributed by atoms with Gasteiger partial charge >= 0.3 is 17.9 Å². The van der Waals surface area contributed by atoms with Gasteiger partial charge in [0.15, 0.2) is 17.5 Å². The van der Waals surface area contributed by atoms with E-state index in [2.05, 4.69) is 6.92 Å². The number of Topliss-reactive ketones (excluding diaryl/α,β-unsaturated/α-hetero) is 1. The lowest BCUT2D eigenvalue weighted by Crippen LogP contribution is -2.66. The maximum Gasteiger partial charge on any atom is 0.309 e. The van der Waals surface area contributed by atoms with Crippen LogP contribution in [0.2, 0.25) is 0 Å². The first kappa shape index (κ1) is 37.3. The molecule has 9 heteroatoms. The van der Waals surface area contributed by atoms with E-state index in [-0.39, 0.29) is 42.7 Å². The fraction of sp³-hybridized carbons (Fsp3) is 0.789. The van der Waals surface area contributed by atoms with Crippen molar-refractivity contribution in [3.63, 3.8) is 0 Å². The summed E-state index contributed by atoms with van der Waals surface area (Å²) in [4.78, 5) is 53.7. The molecule has 0 aromatic heterocycles. The van der Waals surface area contributed by atoms with E-state index < -0.39 is 69.9 Å². The Hall–Kier alpha value is -2.52.